The molecule has 19 heavy (non-hydrogen) atoms. The fourth-order valence-electron chi connectivity index (χ4n) is 2.25. The van der Waals surface area contributed by atoms with Crippen LogP contribution in [0.25, 0.3) is 0 Å². The van der Waals surface area contributed by atoms with E-state index in [4.69, 9.17) is 0 Å². The van der Waals surface area contributed by atoms with E-state index >= 15 is 0 Å². The van der Waals surface area contributed by atoms with Crippen LogP contribution in [0.4, 0.5) is 0 Å². The molecule has 0 aliphatic carbocycles. The van der Waals surface area contributed by atoms with Gasteiger partial charge in [0.05, 0.1) is 6.54 Å². The molecule has 0 fully saturated rings. The number of hydrogen-bond acceptors (Lipinski definition) is 2. The first kappa shape index (κ1) is 16.2. The molecule has 0 radical (unpaired) electrons. The predicted molar refractivity (Wildman–Crippen MR) is 82.1 cm³/mol. The number of rotatable bonds is 11. The van der Waals surface area contributed by atoms with Crippen molar-refractivity contribution in [2.45, 2.75) is 72.4 Å². The van der Waals surface area contributed by atoms with Gasteiger partial charge in [-0.1, -0.05) is 52.9 Å². The van der Waals surface area contributed by atoms with Crippen molar-refractivity contribution in [2.75, 3.05) is 6.54 Å². The van der Waals surface area contributed by atoms with Gasteiger partial charge in [-0.3, -0.25) is 0 Å². The summed E-state index contributed by atoms with van der Waals surface area (Å²) in [6, 6.07) is 0. The van der Waals surface area contributed by atoms with E-state index in [1.807, 2.05) is 6.20 Å². The number of unbranched alkanes of at least 4 members (excludes halogenated alkanes) is 5. The van der Waals surface area contributed by atoms with E-state index in [9.17, 15) is 0 Å². The summed E-state index contributed by atoms with van der Waals surface area (Å²) in [5.41, 5.74) is 0. The Morgan fingerprint density at radius 3 is 2.63 bits per heavy atom. The summed E-state index contributed by atoms with van der Waals surface area (Å²) in [4.78, 5) is 4.44. The maximum atomic E-state index is 4.44. The molecule has 0 saturated carbocycles. The third-order valence-electron chi connectivity index (χ3n) is 3.39. The molecule has 0 aliphatic heterocycles. The second-order valence-corrected chi connectivity index (χ2v) is 5.83. The summed E-state index contributed by atoms with van der Waals surface area (Å²) >= 11 is 0. The molecule has 0 aliphatic rings. The number of nitrogens with zero attached hydrogens (tertiary/aromatic N) is 2. The minimum Gasteiger partial charge on any atom is -0.334 e. The molecule has 0 bridgehead atoms. The van der Waals surface area contributed by atoms with Crippen LogP contribution < -0.4 is 5.32 Å². The first-order valence-corrected chi connectivity index (χ1v) is 7.94. The van der Waals surface area contributed by atoms with Crippen molar-refractivity contribution in [3.8, 4) is 0 Å². The molecule has 0 atom stereocenters. The lowest BCUT2D eigenvalue weighted by molar-refractivity contribution is 0.510. The van der Waals surface area contributed by atoms with Crippen LogP contribution in [0.5, 0.6) is 0 Å². The van der Waals surface area contributed by atoms with Crippen LogP contribution in [0.2, 0.25) is 0 Å². The second-order valence-electron chi connectivity index (χ2n) is 5.83. The maximum Gasteiger partial charge on any atom is 0.122 e. The summed E-state index contributed by atoms with van der Waals surface area (Å²) in [6.07, 6.45) is 12.1. The number of hydrogen-bond donors (Lipinski definition) is 1. The Hall–Kier alpha value is -0.830. The first-order valence-electron chi connectivity index (χ1n) is 7.94. The summed E-state index contributed by atoms with van der Waals surface area (Å²) in [7, 11) is 0. The quantitative estimate of drug-likeness (QED) is 0.613. The third-order valence-corrected chi connectivity index (χ3v) is 3.39. The Morgan fingerprint density at radius 1 is 1.16 bits per heavy atom. The number of aryl methyl sites for hydroxylation is 1. The van der Waals surface area contributed by atoms with Gasteiger partial charge in [0.1, 0.15) is 5.82 Å². The average molecular weight is 265 g/mol. The molecule has 0 amide bonds. The molecule has 3 heteroatoms. The SMILES string of the molecule is CCCCCCCCn1ccnc1CNCC(C)C. The van der Waals surface area contributed by atoms with Gasteiger partial charge in [-0.25, -0.2) is 4.98 Å². The lowest BCUT2D eigenvalue weighted by atomic mass is 10.1. The molecule has 1 N–H and O–H groups in total. The van der Waals surface area contributed by atoms with E-state index in [1.165, 1.54) is 44.3 Å². The van der Waals surface area contributed by atoms with Crippen molar-refractivity contribution in [3.05, 3.63) is 18.2 Å². The highest BCUT2D eigenvalue weighted by molar-refractivity contribution is 4.91. The number of imidazole rings is 1. The van der Waals surface area contributed by atoms with Crippen LogP contribution in [-0.4, -0.2) is 16.1 Å². The monoisotopic (exact) mass is 265 g/mol. The fraction of sp³-hybridized carbons (Fsp3) is 0.812. The van der Waals surface area contributed by atoms with Crippen LogP contribution in [-0.2, 0) is 13.1 Å². The highest BCUT2D eigenvalue weighted by atomic mass is 15.1. The van der Waals surface area contributed by atoms with Gasteiger partial charge in [0, 0.05) is 18.9 Å². The lowest BCUT2D eigenvalue weighted by Gasteiger charge is -2.10. The van der Waals surface area contributed by atoms with E-state index in [0.717, 1.165) is 19.6 Å². The van der Waals surface area contributed by atoms with Crippen LogP contribution in [0.3, 0.4) is 0 Å². The summed E-state index contributed by atoms with van der Waals surface area (Å²) in [5.74, 6) is 1.87. The minimum atomic E-state index is 0.696. The topological polar surface area (TPSA) is 29.9 Å². The van der Waals surface area contributed by atoms with Gasteiger partial charge in [0.2, 0.25) is 0 Å². The predicted octanol–water partition coefficient (Wildman–Crippen LogP) is 3.99. The second kappa shape index (κ2) is 10.0. The Balaban J connectivity index is 2.17. The van der Waals surface area contributed by atoms with Crippen molar-refractivity contribution in [2.24, 2.45) is 5.92 Å². The zero-order chi connectivity index (χ0) is 13.9. The van der Waals surface area contributed by atoms with Crippen molar-refractivity contribution >= 4 is 0 Å². The largest absolute Gasteiger partial charge is 0.334 e. The fourth-order valence-corrected chi connectivity index (χ4v) is 2.25. The molecule has 1 aromatic heterocycles. The first-order chi connectivity index (χ1) is 9.24. The molecule has 0 unspecified atom stereocenters. The highest BCUT2D eigenvalue weighted by Crippen LogP contribution is 2.07. The van der Waals surface area contributed by atoms with Gasteiger partial charge in [-0.05, 0) is 18.9 Å². The minimum absolute atomic E-state index is 0.696. The van der Waals surface area contributed by atoms with Crippen molar-refractivity contribution in [3.63, 3.8) is 0 Å². The van der Waals surface area contributed by atoms with Crippen molar-refractivity contribution in [1.29, 1.82) is 0 Å². The molecule has 3 nitrogen and oxygen atoms in total. The van der Waals surface area contributed by atoms with Gasteiger partial charge in [-0.15, -0.1) is 0 Å². The van der Waals surface area contributed by atoms with Crippen LogP contribution in [0.15, 0.2) is 12.4 Å². The molecule has 0 aromatic carbocycles. The molecular weight excluding hydrogens is 234 g/mol. The Bertz CT molecular complexity index is 318. The van der Waals surface area contributed by atoms with E-state index in [-0.39, 0.29) is 0 Å². The zero-order valence-electron chi connectivity index (χ0n) is 13.0. The molecule has 0 saturated heterocycles. The molecule has 1 rings (SSSR count). The van der Waals surface area contributed by atoms with E-state index in [2.05, 4.69) is 41.8 Å². The lowest BCUT2D eigenvalue weighted by Crippen LogP contribution is -2.21. The van der Waals surface area contributed by atoms with Gasteiger partial charge in [0.25, 0.3) is 0 Å². The van der Waals surface area contributed by atoms with Gasteiger partial charge in [0.15, 0.2) is 0 Å². The Morgan fingerprint density at radius 2 is 1.89 bits per heavy atom. The Kier molecular flexibility index (Phi) is 8.55. The summed E-state index contributed by atoms with van der Waals surface area (Å²) in [5, 5.41) is 3.46. The summed E-state index contributed by atoms with van der Waals surface area (Å²) in [6.45, 7) is 9.79. The average Bonchev–Trinajstić information content (AvgIpc) is 2.81. The maximum absolute atomic E-state index is 4.44. The van der Waals surface area contributed by atoms with Gasteiger partial charge in [-0.2, -0.15) is 0 Å². The third kappa shape index (κ3) is 7.36. The van der Waals surface area contributed by atoms with E-state index in [0.29, 0.717) is 5.92 Å². The standard InChI is InChI=1S/C16H31N3/c1-4-5-6-7-8-9-11-19-12-10-18-16(19)14-17-13-15(2)3/h10,12,15,17H,4-9,11,13-14H2,1-3H3. The summed E-state index contributed by atoms with van der Waals surface area (Å²) < 4.78 is 2.30. The highest BCUT2D eigenvalue weighted by Gasteiger charge is 2.02. The van der Waals surface area contributed by atoms with Crippen molar-refractivity contribution < 1.29 is 0 Å². The van der Waals surface area contributed by atoms with Crippen molar-refractivity contribution in [1.82, 2.24) is 14.9 Å². The van der Waals surface area contributed by atoms with Gasteiger partial charge < -0.3 is 9.88 Å². The van der Waals surface area contributed by atoms with Crippen LogP contribution >= 0.6 is 0 Å². The zero-order valence-corrected chi connectivity index (χ0v) is 13.0. The number of nitrogens with one attached hydrogen (secondary N) is 1. The molecule has 1 heterocycles. The van der Waals surface area contributed by atoms with Crippen LogP contribution in [0.1, 0.15) is 65.1 Å². The molecular formula is C16H31N3. The molecule has 1 aromatic rings. The van der Waals surface area contributed by atoms with Gasteiger partial charge >= 0.3 is 0 Å². The van der Waals surface area contributed by atoms with E-state index in [1.54, 1.807) is 0 Å². The smallest absolute Gasteiger partial charge is 0.122 e. The molecule has 110 valence electrons. The normalized spacial score (nSPS) is 11.4. The Labute approximate surface area is 118 Å². The molecule has 0 spiro atoms. The van der Waals surface area contributed by atoms with Crippen LogP contribution in [0, 0.1) is 5.92 Å². The van der Waals surface area contributed by atoms with E-state index < -0.39 is 0 Å². The number of aromatic nitrogens is 2.